The van der Waals surface area contributed by atoms with Gasteiger partial charge in [-0.05, 0) is 25.1 Å². The van der Waals surface area contributed by atoms with Crippen LogP contribution in [0.1, 0.15) is 5.56 Å². The fraction of sp³-hybridized carbons (Fsp3) is 0.105. The molecule has 2 heterocycles. The SMILES string of the molecule is Cc1cccc(-c2noc(-c3cc4ccccc4n3CC(=O)O)n2)c1. The first kappa shape index (κ1) is 15.1. The Balaban J connectivity index is 1.83. The minimum absolute atomic E-state index is 0.176. The van der Waals surface area contributed by atoms with Crippen LogP contribution in [0.25, 0.3) is 33.9 Å². The maximum absolute atomic E-state index is 11.3. The van der Waals surface area contributed by atoms with E-state index in [1.54, 1.807) is 4.57 Å². The molecule has 0 aliphatic heterocycles. The molecule has 0 saturated heterocycles. The van der Waals surface area contributed by atoms with Crippen molar-refractivity contribution in [3.05, 3.63) is 60.2 Å². The van der Waals surface area contributed by atoms with E-state index in [0.717, 1.165) is 22.0 Å². The molecule has 124 valence electrons. The van der Waals surface area contributed by atoms with Crippen LogP contribution in [0.4, 0.5) is 0 Å². The van der Waals surface area contributed by atoms with Crippen LogP contribution in [-0.4, -0.2) is 25.8 Å². The molecule has 0 spiro atoms. The average Bonchev–Trinajstić information content (AvgIpc) is 3.20. The van der Waals surface area contributed by atoms with Crippen LogP contribution >= 0.6 is 0 Å². The van der Waals surface area contributed by atoms with Gasteiger partial charge in [0.2, 0.25) is 5.82 Å². The van der Waals surface area contributed by atoms with Gasteiger partial charge in [-0.1, -0.05) is 47.1 Å². The highest BCUT2D eigenvalue weighted by Gasteiger charge is 2.18. The smallest absolute Gasteiger partial charge is 0.323 e. The predicted octanol–water partition coefficient (Wildman–Crippen LogP) is 3.75. The molecule has 0 unspecified atom stereocenters. The molecule has 2 aromatic heterocycles. The minimum Gasteiger partial charge on any atom is -0.480 e. The van der Waals surface area contributed by atoms with Crippen LogP contribution in [0.3, 0.4) is 0 Å². The molecule has 0 radical (unpaired) electrons. The van der Waals surface area contributed by atoms with Crippen molar-refractivity contribution in [3.63, 3.8) is 0 Å². The molecule has 0 fully saturated rings. The highest BCUT2D eigenvalue weighted by Crippen LogP contribution is 2.29. The van der Waals surface area contributed by atoms with Gasteiger partial charge in [-0.15, -0.1) is 0 Å². The van der Waals surface area contributed by atoms with Crippen molar-refractivity contribution in [2.45, 2.75) is 13.5 Å². The Labute approximate surface area is 143 Å². The summed E-state index contributed by atoms with van der Waals surface area (Å²) in [5.41, 5.74) is 3.37. The summed E-state index contributed by atoms with van der Waals surface area (Å²) in [5.74, 6) is -0.152. The van der Waals surface area contributed by atoms with Crippen molar-refractivity contribution >= 4 is 16.9 Å². The van der Waals surface area contributed by atoms with E-state index in [4.69, 9.17) is 4.52 Å². The summed E-state index contributed by atoms with van der Waals surface area (Å²) in [6, 6.07) is 17.3. The fourth-order valence-electron chi connectivity index (χ4n) is 2.92. The number of aliphatic carboxylic acids is 1. The number of hydrogen-bond acceptors (Lipinski definition) is 4. The molecule has 4 aromatic rings. The Kier molecular flexibility index (Phi) is 3.57. The molecule has 0 aliphatic carbocycles. The molecule has 1 N–H and O–H groups in total. The lowest BCUT2D eigenvalue weighted by Gasteiger charge is -2.04. The molecule has 6 heteroatoms. The largest absolute Gasteiger partial charge is 0.480 e. The Morgan fingerprint density at radius 1 is 1.16 bits per heavy atom. The van der Waals surface area contributed by atoms with Crippen LogP contribution in [0, 0.1) is 6.92 Å². The fourth-order valence-corrected chi connectivity index (χ4v) is 2.92. The second kappa shape index (κ2) is 5.90. The van der Waals surface area contributed by atoms with Crippen LogP contribution in [0.2, 0.25) is 0 Å². The van der Waals surface area contributed by atoms with Crippen LogP contribution < -0.4 is 0 Å². The third-order valence-electron chi connectivity index (χ3n) is 4.03. The molecular weight excluding hydrogens is 318 g/mol. The second-order valence-corrected chi connectivity index (χ2v) is 5.86. The lowest BCUT2D eigenvalue weighted by molar-refractivity contribution is -0.137. The quantitative estimate of drug-likeness (QED) is 0.615. The van der Waals surface area contributed by atoms with E-state index in [1.807, 2.05) is 61.5 Å². The summed E-state index contributed by atoms with van der Waals surface area (Å²) in [6.07, 6.45) is 0. The third kappa shape index (κ3) is 2.78. The number of hydrogen-bond donors (Lipinski definition) is 1. The summed E-state index contributed by atoms with van der Waals surface area (Å²) in [7, 11) is 0. The van der Waals surface area contributed by atoms with E-state index in [2.05, 4.69) is 10.1 Å². The van der Waals surface area contributed by atoms with E-state index in [0.29, 0.717) is 17.4 Å². The zero-order valence-electron chi connectivity index (χ0n) is 13.5. The van der Waals surface area contributed by atoms with Gasteiger partial charge >= 0.3 is 5.97 Å². The zero-order chi connectivity index (χ0) is 17.4. The van der Waals surface area contributed by atoms with Crippen molar-refractivity contribution in [1.82, 2.24) is 14.7 Å². The van der Waals surface area contributed by atoms with Crippen LogP contribution in [0.15, 0.2) is 59.1 Å². The van der Waals surface area contributed by atoms with Gasteiger partial charge in [-0.2, -0.15) is 4.98 Å². The highest BCUT2D eigenvalue weighted by molar-refractivity contribution is 5.87. The number of aryl methyl sites for hydroxylation is 1. The van der Waals surface area contributed by atoms with Gasteiger partial charge in [0.1, 0.15) is 12.2 Å². The normalized spacial score (nSPS) is 11.1. The Bertz CT molecular complexity index is 1080. The minimum atomic E-state index is -0.930. The van der Waals surface area contributed by atoms with Crippen molar-refractivity contribution < 1.29 is 14.4 Å². The molecular formula is C19H15N3O3. The van der Waals surface area contributed by atoms with Gasteiger partial charge in [-0.25, -0.2) is 0 Å². The maximum Gasteiger partial charge on any atom is 0.323 e. The summed E-state index contributed by atoms with van der Waals surface area (Å²) in [5, 5.41) is 14.2. The molecule has 25 heavy (non-hydrogen) atoms. The number of carboxylic acids is 1. The lowest BCUT2D eigenvalue weighted by atomic mass is 10.1. The van der Waals surface area contributed by atoms with Crippen LogP contribution in [-0.2, 0) is 11.3 Å². The van der Waals surface area contributed by atoms with Crippen LogP contribution in [0.5, 0.6) is 0 Å². The number of fused-ring (bicyclic) bond motifs is 1. The van der Waals surface area contributed by atoms with Crippen molar-refractivity contribution in [2.24, 2.45) is 0 Å². The predicted molar refractivity (Wildman–Crippen MR) is 93.0 cm³/mol. The molecule has 0 aliphatic rings. The van der Waals surface area contributed by atoms with Gasteiger partial charge in [0.15, 0.2) is 0 Å². The first-order chi connectivity index (χ1) is 12.1. The summed E-state index contributed by atoms with van der Waals surface area (Å²) in [4.78, 5) is 15.7. The Morgan fingerprint density at radius 2 is 2.00 bits per heavy atom. The number of nitrogens with zero attached hydrogens (tertiary/aromatic N) is 3. The molecule has 2 aromatic carbocycles. The topological polar surface area (TPSA) is 81.2 Å². The molecule has 0 bridgehead atoms. The van der Waals surface area contributed by atoms with Gasteiger partial charge in [0.05, 0.1) is 0 Å². The van der Waals surface area contributed by atoms with E-state index < -0.39 is 5.97 Å². The Hall–Kier alpha value is -3.41. The number of rotatable bonds is 4. The average molecular weight is 333 g/mol. The number of carboxylic acid groups (broad SMARTS) is 1. The molecule has 4 rings (SSSR count). The summed E-state index contributed by atoms with van der Waals surface area (Å²) >= 11 is 0. The van der Waals surface area contributed by atoms with Crippen molar-refractivity contribution in [1.29, 1.82) is 0 Å². The molecule has 0 saturated carbocycles. The number of para-hydroxylation sites is 1. The summed E-state index contributed by atoms with van der Waals surface area (Å²) < 4.78 is 7.09. The number of aromatic nitrogens is 3. The maximum atomic E-state index is 11.3. The first-order valence-corrected chi connectivity index (χ1v) is 7.83. The highest BCUT2D eigenvalue weighted by atomic mass is 16.5. The van der Waals surface area contributed by atoms with E-state index >= 15 is 0 Å². The number of carbonyl (C=O) groups is 1. The number of benzene rings is 2. The van der Waals surface area contributed by atoms with Gasteiger partial charge < -0.3 is 14.2 Å². The first-order valence-electron chi connectivity index (χ1n) is 7.83. The molecule has 0 atom stereocenters. The van der Waals surface area contributed by atoms with E-state index in [-0.39, 0.29) is 6.54 Å². The monoisotopic (exact) mass is 333 g/mol. The van der Waals surface area contributed by atoms with Gasteiger partial charge in [-0.3, -0.25) is 4.79 Å². The lowest BCUT2D eigenvalue weighted by Crippen LogP contribution is -2.09. The van der Waals surface area contributed by atoms with E-state index in [1.165, 1.54) is 0 Å². The van der Waals surface area contributed by atoms with Crippen molar-refractivity contribution in [3.8, 4) is 23.0 Å². The third-order valence-corrected chi connectivity index (χ3v) is 4.03. The van der Waals surface area contributed by atoms with Crippen molar-refractivity contribution in [2.75, 3.05) is 0 Å². The summed E-state index contributed by atoms with van der Waals surface area (Å²) in [6.45, 7) is 1.82. The zero-order valence-corrected chi connectivity index (χ0v) is 13.5. The van der Waals surface area contributed by atoms with E-state index in [9.17, 15) is 9.90 Å². The Morgan fingerprint density at radius 3 is 2.80 bits per heavy atom. The van der Waals surface area contributed by atoms with Gasteiger partial charge in [0, 0.05) is 16.5 Å². The molecule has 0 amide bonds. The second-order valence-electron chi connectivity index (χ2n) is 5.86. The molecule has 6 nitrogen and oxygen atoms in total. The van der Waals surface area contributed by atoms with Gasteiger partial charge in [0.25, 0.3) is 5.89 Å². The standard InChI is InChI=1S/C19H15N3O3/c1-12-5-4-7-14(9-12)18-20-19(25-21-18)16-10-13-6-2-3-8-15(13)22(16)11-17(23)24/h2-10H,11H2,1H3,(H,23,24).